The van der Waals surface area contributed by atoms with E-state index in [0.717, 1.165) is 5.56 Å². The number of methoxy groups -OCH3 is 1. The highest BCUT2D eigenvalue weighted by Gasteiger charge is 2.21. The molecular formula is C14H18ClNO3. The van der Waals surface area contributed by atoms with Gasteiger partial charge in [0.2, 0.25) is 0 Å². The van der Waals surface area contributed by atoms with Crippen LogP contribution < -0.4 is 0 Å². The first-order valence-corrected chi connectivity index (χ1v) is 6.34. The number of nitrogens with zero attached hydrogens (tertiary/aromatic N) is 1. The fraction of sp³-hybridized carbons (Fsp3) is 0.429. The summed E-state index contributed by atoms with van der Waals surface area (Å²) in [6.07, 6.45) is 0. The Morgan fingerprint density at radius 3 is 2.63 bits per heavy atom. The molecule has 0 fully saturated rings. The number of esters is 1. The number of hydrogen-bond donors (Lipinski definition) is 0. The number of halogens is 1. The highest BCUT2D eigenvalue weighted by Crippen LogP contribution is 2.21. The van der Waals surface area contributed by atoms with Crippen LogP contribution in [-0.2, 0) is 9.53 Å². The van der Waals surface area contributed by atoms with E-state index < -0.39 is 0 Å². The molecular weight excluding hydrogens is 266 g/mol. The van der Waals surface area contributed by atoms with Crippen LogP contribution in [0, 0.1) is 12.8 Å². The maximum atomic E-state index is 12.3. The summed E-state index contributed by atoms with van der Waals surface area (Å²) in [7, 11) is 2.97. The Morgan fingerprint density at radius 1 is 1.42 bits per heavy atom. The molecule has 19 heavy (non-hydrogen) atoms. The fourth-order valence-corrected chi connectivity index (χ4v) is 1.99. The molecule has 104 valence electrons. The van der Waals surface area contributed by atoms with Crippen molar-refractivity contribution in [1.29, 1.82) is 0 Å². The van der Waals surface area contributed by atoms with Gasteiger partial charge in [-0.05, 0) is 18.6 Å². The highest BCUT2D eigenvalue weighted by atomic mass is 35.5. The Bertz CT molecular complexity index is 488. The van der Waals surface area contributed by atoms with Crippen LogP contribution >= 0.6 is 11.6 Å². The summed E-state index contributed by atoms with van der Waals surface area (Å²) in [5.74, 6) is -0.915. The zero-order chi connectivity index (χ0) is 14.6. The van der Waals surface area contributed by atoms with E-state index in [1.54, 1.807) is 26.1 Å². The van der Waals surface area contributed by atoms with Gasteiger partial charge in [0.1, 0.15) is 0 Å². The van der Waals surface area contributed by atoms with Crippen LogP contribution in [0.4, 0.5) is 0 Å². The van der Waals surface area contributed by atoms with E-state index in [2.05, 4.69) is 4.74 Å². The summed E-state index contributed by atoms with van der Waals surface area (Å²) in [5, 5.41) is 0.449. The van der Waals surface area contributed by atoms with Crippen LogP contribution in [0.25, 0.3) is 0 Å². The molecule has 5 heteroatoms. The lowest BCUT2D eigenvalue weighted by Gasteiger charge is -2.21. The monoisotopic (exact) mass is 283 g/mol. The molecule has 0 bridgehead atoms. The number of carbonyl (C=O) groups is 2. The van der Waals surface area contributed by atoms with Crippen molar-refractivity contribution in [2.75, 3.05) is 20.7 Å². The van der Waals surface area contributed by atoms with Gasteiger partial charge in [0, 0.05) is 13.6 Å². The molecule has 0 aliphatic carbocycles. The molecule has 1 atom stereocenters. The topological polar surface area (TPSA) is 46.6 Å². The van der Waals surface area contributed by atoms with Gasteiger partial charge in [-0.25, -0.2) is 0 Å². The second kappa shape index (κ2) is 6.57. The number of carbonyl (C=O) groups excluding carboxylic acids is 2. The number of ether oxygens (including phenoxy) is 1. The molecule has 1 rings (SSSR count). The third-order valence-electron chi connectivity index (χ3n) is 2.92. The van der Waals surface area contributed by atoms with Gasteiger partial charge in [-0.15, -0.1) is 0 Å². The summed E-state index contributed by atoms with van der Waals surface area (Å²) in [6, 6.07) is 5.30. The number of aryl methyl sites for hydroxylation is 1. The first-order chi connectivity index (χ1) is 8.88. The van der Waals surface area contributed by atoms with Gasteiger partial charge in [-0.2, -0.15) is 0 Å². The molecule has 1 aromatic carbocycles. The third kappa shape index (κ3) is 3.70. The summed E-state index contributed by atoms with van der Waals surface area (Å²) in [6.45, 7) is 3.85. The Morgan fingerprint density at radius 2 is 2.05 bits per heavy atom. The number of hydrogen-bond acceptors (Lipinski definition) is 3. The summed E-state index contributed by atoms with van der Waals surface area (Å²) >= 11 is 6.12. The molecule has 1 unspecified atom stereocenters. The van der Waals surface area contributed by atoms with Crippen LogP contribution in [0.2, 0.25) is 5.02 Å². The molecule has 0 heterocycles. The molecule has 0 aliphatic heterocycles. The Hall–Kier alpha value is -1.55. The molecule has 0 N–H and O–H groups in total. The first-order valence-electron chi connectivity index (χ1n) is 5.96. The Kier molecular flexibility index (Phi) is 5.36. The Balaban J connectivity index is 2.83. The minimum atomic E-state index is -0.373. The molecule has 0 spiro atoms. The van der Waals surface area contributed by atoms with Gasteiger partial charge in [-0.3, -0.25) is 9.59 Å². The van der Waals surface area contributed by atoms with Gasteiger partial charge >= 0.3 is 5.97 Å². The van der Waals surface area contributed by atoms with Crippen molar-refractivity contribution in [2.45, 2.75) is 13.8 Å². The molecule has 0 saturated carbocycles. The first kappa shape index (κ1) is 15.5. The maximum Gasteiger partial charge on any atom is 0.310 e. The second-order valence-corrected chi connectivity index (χ2v) is 4.92. The summed E-state index contributed by atoms with van der Waals surface area (Å²) in [5.41, 5.74) is 1.29. The normalized spacial score (nSPS) is 11.8. The lowest BCUT2D eigenvalue weighted by molar-refractivity contribution is -0.145. The minimum Gasteiger partial charge on any atom is -0.469 e. The molecule has 0 radical (unpaired) electrons. The maximum absolute atomic E-state index is 12.3. The smallest absolute Gasteiger partial charge is 0.310 e. The van der Waals surface area contributed by atoms with E-state index in [0.29, 0.717) is 10.6 Å². The van der Waals surface area contributed by atoms with E-state index in [-0.39, 0.29) is 24.3 Å². The molecule has 0 aromatic heterocycles. The fourth-order valence-electron chi connectivity index (χ4n) is 1.79. The summed E-state index contributed by atoms with van der Waals surface area (Å²) in [4.78, 5) is 25.1. The van der Waals surface area contributed by atoms with E-state index in [9.17, 15) is 9.59 Å². The van der Waals surface area contributed by atoms with E-state index in [1.165, 1.54) is 12.0 Å². The van der Waals surface area contributed by atoms with Crippen molar-refractivity contribution in [2.24, 2.45) is 5.92 Å². The molecule has 0 saturated heterocycles. The quantitative estimate of drug-likeness (QED) is 0.798. The lowest BCUT2D eigenvalue weighted by atomic mass is 10.1. The van der Waals surface area contributed by atoms with Crippen LogP contribution in [0.1, 0.15) is 22.8 Å². The van der Waals surface area contributed by atoms with Crippen LogP contribution in [0.5, 0.6) is 0 Å². The van der Waals surface area contributed by atoms with Crippen molar-refractivity contribution in [3.05, 3.63) is 34.3 Å². The van der Waals surface area contributed by atoms with Crippen LogP contribution in [0.15, 0.2) is 18.2 Å². The van der Waals surface area contributed by atoms with E-state index >= 15 is 0 Å². The number of amides is 1. The van der Waals surface area contributed by atoms with Crippen molar-refractivity contribution in [3.63, 3.8) is 0 Å². The van der Waals surface area contributed by atoms with Gasteiger partial charge in [0.25, 0.3) is 5.91 Å². The second-order valence-electron chi connectivity index (χ2n) is 4.55. The molecule has 4 nitrogen and oxygen atoms in total. The third-order valence-corrected chi connectivity index (χ3v) is 3.42. The van der Waals surface area contributed by atoms with Crippen molar-refractivity contribution in [3.8, 4) is 0 Å². The average molecular weight is 284 g/mol. The molecule has 1 aromatic rings. The zero-order valence-electron chi connectivity index (χ0n) is 11.6. The average Bonchev–Trinajstić information content (AvgIpc) is 2.39. The molecule has 0 aliphatic rings. The van der Waals surface area contributed by atoms with Gasteiger partial charge in [-0.1, -0.05) is 30.7 Å². The van der Waals surface area contributed by atoms with E-state index in [4.69, 9.17) is 11.6 Å². The largest absolute Gasteiger partial charge is 0.469 e. The van der Waals surface area contributed by atoms with Gasteiger partial charge in [0.15, 0.2) is 0 Å². The van der Waals surface area contributed by atoms with Crippen LogP contribution in [0.3, 0.4) is 0 Å². The number of benzene rings is 1. The van der Waals surface area contributed by atoms with Crippen molar-refractivity contribution in [1.82, 2.24) is 4.90 Å². The predicted octanol–water partition coefficient (Wildman–Crippen LogP) is 2.53. The predicted molar refractivity (Wildman–Crippen MR) is 74.3 cm³/mol. The summed E-state index contributed by atoms with van der Waals surface area (Å²) < 4.78 is 4.64. The Labute approximate surface area is 118 Å². The minimum absolute atomic E-state index is 0.204. The van der Waals surface area contributed by atoms with Gasteiger partial charge in [0.05, 0.1) is 23.6 Å². The van der Waals surface area contributed by atoms with Crippen molar-refractivity contribution < 1.29 is 14.3 Å². The van der Waals surface area contributed by atoms with Gasteiger partial charge < -0.3 is 9.64 Å². The lowest BCUT2D eigenvalue weighted by Crippen LogP contribution is -2.34. The standard InChI is InChI=1S/C14H18ClNO3/c1-9-6-5-7-11(12(9)15)13(17)16(3)8-10(2)14(18)19-4/h5-7,10H,8H2,1-4H3. The highest BCUT2D eigenvalue weighted by molar-refractivity contribution is 6.34. The molecule has 1 amide bonds. The van der Waals surface area contributed by atoms with Crippen LogP contribution in [-0.4, -0.2) is 37.5 Å². The van der Waals surface area contributed by atoms with E-state index in [1.807, 2.05) is 13.0 Å². The number of rotatable bonds is 4. The van der Waals surface area contributed by atoms with Crippen molar-refractivity contribution >= 4 is 23.5 Å². The zero-order valence-corrected chi connectivity index (χ0v) is 12.3. The SMILES string of the molecule is COC(=O)C(C)CN(C)C(=O)c1cccc(C)c1Cl.